The van der Waals surface area contributed by atoms with Crippen molar-refractivity contribution in [1.29, 1.82) is 0 Å². The number of benzene rings is 12. The van der Waals surface area contributed by atoms with E-state index in [4.69, 9.17) is 18.6 Å². The molecular formula is C135H174B2Br2N4O4. The molecule has 12 heteroatoms. The number of fused-ring (bicyclic) bond motifs is 12. The molecule has 0 atom stereocenters. The van der Waals surface area contributed by atoms with Gasteiger partial charge in [0, 0.05) is 74.8 Å². The third kappa shape index (κ3) is 24.8. The van der Waals surface area contributed by atoms with Crippen LogP contribution in [0.2, 0.25) is 0 Å². The number of halogens is 2. The van der Waals surface area contributed by atoms with Gasteiger partial charge in [-0.05, 0) is 372 Å². The molecule has 16 aromatic rings. The van der Waals surface area contributed by atoms with Gasteiger partial charge in [-0.15, -0.1) is 0 Å². The lowest BCUT2D eigenvalue weighted by Gasteiger charge is -2.32. The van der Waals surface area contributed by atoms with Crippen LogP contribution in [0.25, 0.3) is 121 Å². The van der Waals surface area contributed by atoms with Gasteiger partial charge >= 0.3 is 14.2 Å². The molecule has 12 aromatic carbocycles. The Bertz CT molecular complexity index is 7020. The molecule has 8 nitrogen and oxygen atoms in total. The molecule has 4 aromatic heterocycles. The second-order valence-electron chi connectivity index (χ2n) is 49.3. The van der Waals surface area contributed by atoms with E-state index in [2.05, 4.69) is 449 Å². The van der Waals surface area contributed by atoms with Gasteiger partial charge in [-0.25, -0.2) is 0 Å². The van der Waals surface area contributed by atoms with Crippen molar-refractivity contribution in [3.8, 4) is 33.9 Å². The minimum absolute atomic E-state index is 0. The Morgan fingerprint density at radius 3 is 0.796 bits per heavy atom. The van der Waals surface area contributed by atoms with E-state index in [0.29, 0.717) is 0 Å². The van der Waals surface area contributed by atoms with E-state index in [1.165, 1.54) is 337 Å². The Balaban J connectivity index is 0.000000172. The number of rotatable bonds is 35. The van der Waals surface area contributed by atoms with Crippen molar-refractivity contribution in [3.05, 3.63) is 283 Å². The molecule has 2 saturated heterocycles. The summed E-state index contributed by atoms with van der Waals surface area (Å²) in [4.78, 5) is 0. The molecule has 0 aliphatic carbocycles. The fraction of sp³-hybridized carbons (Fsp3) is 0.467. The van der Waals surface area contributed by atoms with Gasteiger partial charge in [-0.3, -0.25) is 0 Å². The van der Waals surface area contributed by atoms with E-state index < -0.39 is 0 Å². The Morgan fingerprint density at radius 1 is 0.252 bits per heavy atom. The number of unbranched alkanes of at least 4 members (excludes halogenated alkanes) is 20. The van der Waals surface area contributed by atoms with Crippen molar-refractivity contribution in [3.63, 3.8) is 0 Å². The molecule has 2 fully saturated rings. The molecule has 0 spiro atoms. The van der Waals surface area contributed by atoms with Crippen LogP contribution in [-0.2, 0) is 66.0 Å². The summed E-state index contributed by atoms with van der Waals surface area (Å²) < 4.78 is 38.4. The summed E-state index contributed by atoms with van der Waals surface area (Å²) in [5.74, 6) is 0. The third-order valence-electron chi connectivity index (χ3n) is 32.8. The molecule has 18 rings (SSSR count). The van der Waals surface area contributed by atoms with E-state index >= 15 is 0 Å². The largest absolute Gasteiger partial charge is 0.495 e. The van der Waals surface area contributed by atoms with Crippen LogP contribution in [0.5, 0.6) is 0 Å². The lowest BCUT2D eigenvalue weighted by atomic mass is 9.67. The van der Waals surface area contributed by atoms with Crippen molar-refractivity contribution in [2.75, 3.05) is 0 Å². The fourth-order valence-corrected chi connectivity index (χ4v) is 23.0. The van der Waals surface area contributed by atoms with Crippen LogP contribution in [0.4, 0.5) is 0 Å². The maximum absolute atomic E-state index is 6.62. The first-order chi connectivity index (χ1) is 69.4. The maximum Gasteiger partial charge on any atom is 0.495 e. The summed E-state index contributed by atoms with van der Waals surface area (Å²) >= 11 is 7.43. The Labute approximate surface area is 902 Å². The van der Waals surface area contributed by atoms with Gasteiger partial charge in [0.25, 0.3) is 0 Å². The summed E-state index contributed by atoms with van der Waals surface area (Å²) in [6, 6.07) is 84.0. The van der Waals surface area contributed by atoms with Crippen molar-refractivity contribution >= 4 is 144 Å². The predicted molar refractivity (Wildman–Crippen MR) is 648 cm³/mol. The van der Waals surface area contributed by atoms with Gasteiger partial charge in [0.2, 0.25) is 0 Å². The topological polar surface area (TPSA) is 56.6 Å². The summed E-state index contributed by atoms with van der Waals surface area (Å²) in [7, 11) is -0.702. The monoisotopic (exact) mass is 2100 g/mol. The summed E-state index contributed by atoms with van der Waals surface area (Å²) in [6.45, 7) is 58.5. The smallest absolute Gasteiger partial charge is 0.399 e. The van der Waals surface area contributed by atoms with Crippen LogP contribution in [-0.4, -0.2) is 54.9 Å². The zero-order chi connectivity index (χ0) is 104. The van der Waals surface area contributed by atoms with Crippen LogP contribution >= 0.6 is 31.9 Å². The Kier molecular flexibility index (Phi) is 35.4. The quantitative estimate of drug-likeness (QED) is 0.0293. The maximum atomic E-state index is 6.62. The average molecular weight is 2100 g/mol. The Hall–Kier alpha value is -9.23. The van der Waals surface area contributed by atoms with Gasteiger partial charge < -0.3 is 36.9 Å². The summed E-state index contributed by atoms with van der Waals surface area (Å²) in [6.07, 6.45) is 35.6. The second-order valence-corrected chi connectivity index (χ2v) is 51.1. The molecule has 0 saturated carbocycles. The lowest BCUT2D eigenvalue weighted by Crippen LogP contribution is -2.43. The SMILES string of the molecule is C.CC(C)(C)c1ccc2c(c1)c1cc(Br)ccc1n2-c1ccc(-n2c3ccc(Br)cc3c3cc(C(C)(C)C)ccc32)cc1.CCCCCCCCc1cc(-c2ccc3c(c2)c2cc(C(C)(C)C)ccc2n3-c2ccc(-n3c4ccc(C)cc4c4cc(C(C)(C)C)ccc43)cc2)c(CCCCCCCC)cc1C.CCCCCCCCc1cc(B2OC(C)(C)C(C)(C)O2)c(CCCCCCCC)cc1B1OC(C)(C)C(C)(C)O1. The number of aryl methyl sites for hydroxylation is 6. The van der Waals surface area contributed by atoms with E-state index in [0.717, 1.165) is 39.6 Å². The van der Waals surface area contributed by atoms with Crippen LogP contribution in [0.1, 0.15) is 383 Å². The molecule has 2 aliphatic rings. The molecular weight excluding hydrogens is 1920 g/mol. The highest BCUT2D eigenvalue weighted by molar-refractivity contribution is 9.10. The van der Waals surface area contributed by atoms with Gasteiger partial charge in [0.05, 0.1) is 66.5 Å². The number of aromatic nitrogens is 4. The highest BCUT2D eigenvalue weighted by Crippen LogP contribution is 2.47. The van der Waals surface area contributed by atoms with Crippen LogP contribution in [0, 0.1) is 13.8 Å². The second kappa shape index (κ2) is 46.5. The molecule has 6 heterocycles. The summed E-state index contributed by atoms with van der Waals surface area (Å²) in [5, 5.41) is 10.4. The van der Waals surface area contributed by atoms with Crippen LogP contribution < -0.4 is 10.9 Å². The van der Waals surface area contributed by atoms with E-state index in [-0.39, 0.29) is 65.7 Å². The zero-order valence-corrected chi connectivity index (χ0v) is 97.1. The van der Waals surface area contributed by atoms with Crippen molar-refractivity contribution in [2.24, 2.45) is 0 Å². The molecule has 147 heavy (non-hydrogen) atoms. The first-order valence-corrected chi connectivity index (χ1v) is 57.8. The molecule has 0 radical (unpaired) electrons. The van der Waals surface area contributed by atoms with Gasteiger partial charge in [0.1, 0.15) is 0 Å². The van der Waals surface area contributed by atoms with Gasteiger partial charge in [-0.1, -0.05) is 345 Å². The Morgan fingerprint density at radius 2 is 0.497 bits per heavy atom. The zero-order valence-electron chi connectivity index (χ0n) is 93.9. The van der Waals surface area contributed by atoms with E-state index in [1.54, 1.807) is 0 Å². The minimum Gasteiger partial charge on any atom is -0.399 e. The number of hydrogen-bond donors (Lipinski definition) is 0. The van der Waals surface area contributed by atoms with Crippen molar-refractivity contribution < 1.29 is 18.6 Å². The highest BCUT2D eigenvalue weighted by atomic mass is 79.9. The first-order valence-electron chi connectivity index (χ1n) is 56.2. The minimum atomic E-state index is -0.362. The molecule has 0 amide bonds. The normalized spacial score (nSPS) is 14.8. The lowest BCUT2D eigenvalue weighted by molar-refractivity contribution is 0.00578. The van der Waals surface area contributed by atoms with Gasteiger partial charge in [0.15, 0.2) is 0 Å². The highest BCUT2D eigenvalue weighted by Gasteiger charge is 2.55. The van der Waals surface area contributed by atoms with Crippen molar-refractivity contribution in [1.82, 2.24) is 18.3 Å². The molecule has 0 N–H and O–H groups in total. The molecule has 0 unspecified atom stereocenters. The average Bonchev–Trinajstić information content (AvgIpc) is 1.31. The van der Waals surface area contributed by atoms with E-state index in [9.17, 15) is 0 Å². The number of hydrogen-bond acceptors (Lipinski definition) is 4. The fourth-order valence-electron chi connectivity index (χ4n) is 22.3. The molecule has 0 bridgehead atoms. The van der Waals surface area contributed by atoms with Crippen LogP contribution in [0.3, 0.4) is 0 Å². The van der Waals surface area contributed by atoms with Crippen molar-refractivity contribution in [2.45, 2.75) is 411 Å². The predicted octanol–water partition coefficient (Wildman–Crippen LogP) is 39.3. The first kappa shape index (κ1) is 112. The van der Waals surface area contributed by atoms with Crippen LogP contribution in [0.15, 0.2) is 227 Å². The molecule has 778 valence electrons. The standard InChI is InChI=1S/C62H76N2.C38H34Br2N2.C34H60B2O4.CH4/c1-11-13-15-17-19-21-23-45-39-52(46(38-44(45)4)24-22-20-18-16-14-12-2)47-26-34-58-54(40-47)56-42-49(62(8,9)10)28-36-60(56)64(58)51-31-29-50(30-32-51)63-57-33-25-43(3)37-53(57)55-41-48(61(5,6)7)27-35-59(55)63;1-37(2,3)23-7-15-33-29(19-23)31-21-25(39)9-17-35(31)41(33)27-11-13-28(14-12-27)42-34-16-8-24(38(4,5)6)20-30(34)32-22-26(40)10-18-36(32)42;1-11-13-15-17-19-21-23-27-25-30(36-39-33(7,8)34(9,10)40-36)28(24-22-20-18-16-14-12-2)26-29(27)35-37-31(3,4)32(5,6)38-35;/h25-42H,11-24H2,1-10H3;7-22H,1-6H3;25-26H,11-24H2,1-10H3;1H4. The van der Waals surface area contributed by atoms with E-state index in [1.807, 2.05) is 0 Å². The third-order valence-corrected chi connectivity index (χ3v) is 33.8. The molecule has 2 aliphatic heterocycles. The number of nitrogens with zero attached hydrogens (tertiary/aromatic N) is 4. The summed E-state index contributed by atoms with van der Waals surface area (Å²) in [5.41, 5.74) is 32.5. The van der Waals surface area contributed by atoms with Gasteiger partial charge in [-0.2, -0.15) is 0 Å².